The number of nitrogens with zero attached hydrogens (tertiary/aromatic N) is 1. The van der Waals surface area contributed by atoms with E-state index in [4.69, 9.17) is 0 Å². The summed E-state index contributed by atoms with van der Waals surface area (Å²) in [5.41, 5.74) is 7.11. The van der Waals surface area contributed by atoms with Gasteiger partial charge in [0.1, 0.15) is 0 Å². The van der Waals surface area contributed by atoms with Gasteiger partial charge >= 0.3 is 0 Å². The predicted octanol–water partition coefficient (Wildman–Crippen LogP) is 8.06. The van der Waals surface area contributed by atoms with Gasteiger partial charge in [-0.25, -0.2) is 0 Å². The minimum atomic E-state index is -0.0410. The third kappa shape index (κ3) is 3.68. The molecule has 0 spiro atoms. The van der Waals surface area contributed by atoms with Crippen molar-refractivity contribution in [2.24, 2.45) is 0 Å². The highest BCUT2D eigenvalue weighted by Crippen LogP contribution is 2.30. The number of H-pyrrole nitrogens is 1. The van der Waals surface area contributed by atoms with Gasteiger partial charge in [0.05, 0.1) is 16.6 Å². The summed E-state index contributed by atoms with van der Waals surface area (Å²) < 4.78 is 2.17. The predicted molar refractivity (Wildman–Crippen MR) is 163 cm³/mol. The Morgan fingerprint density at radius 2 is 1.05 bits per heavy atom. The van der Waals surface area contributed by atoms with E-state index in [1.54, 1.807) is 0 Å². The Balaban J connectivity index is 1.54. The normalized spacial score (nSPS) is 11.8. The van der Waals surface area contributed by atoms with Crippen molar-refractivity contribution in [2.45, 2.75) is 19.9 Å². The molecule has 0 saturated heterocycles. The molecule has 0 aliphatic heterocycles. The molecular weight excluding hydrogens is 480 g/mol. The Morgan fingerprint density at radius 3 is 1.69 bits per heavy atom. The fourth-order valence-electron chi connectivity index (χ4n) is 5.77. The van der Waals surface area contributed by atoms with E-state index in [1.165, 1.54) is 0 Å². The third-order valence-electron chi connectivity index (χ3n) is 7.65. The Labute approximate surface area is 224 Å². The number of rotatable bonds is 3. The second-order valence-corrected chi connectivity index (χ2v) is 10.4. The third-order valence-corrected chi connectivity index (χ3v) is 7.65. The van der Waals surface area contributed by atoms with Gasteiger partial charge in [-0.1, -0.05) is 72.8 Å². The molecule has 2 aromatic heterocycles. The molecule has 188 valence electrons. The van der Waals surface area contributed by atoms with E-state index in [-0.39, 0.29) is 16.9 Å². The molecule has 4 heteroatoms. The van der Waals surface area contributed by atoms with Gasteiger partial charge in [0.2, 0.25) is 0 Å². The Hall–Kier alpha value is -4.96. The lowest BCUT2D eigenvalue weighted by molar-refractivity contribution is 0.639. The van der Waals surface area contributed by atoms with Crippen molar-refractivity contribution in [3.63, 3.8) is 0 Å². The molecule has 0 unspecified atom stereocenters. The van der Waals surface area contributed by atoms with E-state index in [9.17, 15) is 9.59 Å². The summed E-state index contributed by atoms with van der Waals surface area (Å²) in [5, 5.41) is 2.49. The standard InChI is InChI=1S/C35H26N2O2/c1-21(2)37-32-16-14-25(23-11-7-4-8-12-23)18-28(32)35(39)29-19-31-27(20-33(29)37)34(38)26-17-24(13-15-30(26)36-31)22-9-5-3-6-10-22/h3-21H,1-2H3,(H,36,38). The van der Waals surface area contributed by atoms with Crippen molar-refractivity contribution in [3.05, 3.63) is 130 Å². The van der Waals surface area contributed by atoms with Gasteiger partial charge in [0, 0.05) is 33.1 Å². The van der Waals surface area contributed by atoms with E-state index < -0.39 is 0 Å². The molecule has 1 N–H and O–H groups in total. The summed E-state index contributed by atoms with van der Waals surface area (Å²) in [5.74, 6) is 0. The number of hydrogen-bond acceptors (Lipinski definition) is 2. The molecule has 39 heavy (non-hydrogen) atoms. The van der Waals surface area contributed by atoms with Gasteiger partial charge in [-0.3, -0.25) is 9.59 Å². The van der Waals surface area contributed by atoms with Crippen molar-refractivity contribution < 1.29 is 0 Å². The Bertz CT molecular complexity index is 2170. The number of fused-ring (bicyclic) bond motifs is 4. The second-order valence-electron chi connectivity index (χ2n) is 10.4. The summed E-state index contributed by atoms with van der Waals surface area (Å²) in [6.07, 6.45) is 0. The maximum atomic E-state index is 13.9. The molecule has 0 aliphatic carbocycles. The molecule has 2 heterocycles. The quantitative estimate of drug-likeness (QED) is 0.246. The van der Waals surface area contributed by atoms with Crippen LogP contribution in [0.3, 0.4) is 0 Å². The fourth-order valence-corrected chi connectivity index (χ4v) is 5.77. The van der Waals surface area contributed by atoms with Crippen LogP contribution in [-0.4, -0.2) is 9.55 Å². The monoisotopic (exact) mass is 506 g/mol. The summed E-state index contributed by atoms with van der Waals surface area (Å²) in [6, 6.07) is 36.0. The molecule has 0 fully saturated rings. The lowest BCUT2D eigenvalue weighted by Crippen LogP contribution is -2.14. The summed E-state index contributed by atoms with van der Waals surface area (Å²) in [6.45, 7) is 4.21. The Kier molecular flexibility index (Phi) is 5.24. The molecule has 0 atom stereocenters. The van der Waals surface area contributed by atoms with Crippen LogP contribution in [0.5, 0.6) is 0 Å². The lowest BCUT2D eigenvalue weighted by atomic mass is 9.99. The number of aromatic amines is 1. The van der Waals surface area contributed by atoms with E-state index in [0.29, 0.717) is 27.1 Å². The highest BCUT2D eigenvalue weighted by Gasteiger charge is 2.17. The van der Waals surface area contributed by atoms with Crippen molar-refractivity contribution in [1.29, 1.82) is 0 Å². The number of benzene rings is 5. The molecule has 4 nitrogen and oxygen atoms in total. The van der Waals surface area contributed by atoms with E-state index >= 15 is 0 Å². The van der Waals surface area contributed by atoms with Crippen LogP contribution in [0.4, 0.5) is 0 Å². The molecule has 0 aliphatic rings. The summed E-state index contributed by atoms with van der Waals surface area (Å²) in [4.78, 5) is 31.2. The maximum Gasteiger partial charge on any atom is 0.197 e. The van der Waals surface area contributed by atoms with Crippen LogP contribution in [-0.2, 0) is 0 Å². The van der Waals surface area contributed by atoms with Crippen molar-refractivity contribution in [2.75, 3.05) is 0 Å². The van der Waals surface area contributed by atoms with Crippen LogP contribution in [0.1, 0.15) is 19.9 Å². The molecule has 5 aromatic carbocycles. The average Bonchev–Trinajstić information content (AvgIpc) is 2.97. The largest absolute Gasteiger partial charge is 0.354 e. The number of nitrogens with one attached hydrogen (secondary N) is 1. The smallest absolute Gasteiger partial charge is 0.197 e. The van der Waals surface area contributed by atoms with Crippen molar-refractivity contribution >= 4 is 43.6 Å². The molecular formula is C35H26N2O2. The van der Waals surface area contributed by atoms with Crippen LogP contribution in [0.2, 0.25) is 0 Å². The number of aromatic nitrogens is 2. The number of hydrogen-bond donors (Lipinski definition) is 1. The topological polar surface area (TPSA) is 54.9 Å². The zero-order chi connectivity index (χ0) is 26.7. The minimum absolute atomic E-state index is 0.0306. The van der Waals surface area contributed by atoms with Gasteiger partial charge in [0.15, 0.2) is 10.9 Å². The van der Waals surface area contributed by atoms with E-state index in [0.717, 1.165) is 38.8 Å². The average molecular weight is 507 g/mol. The van der Waals surface area contributed by atoms with Gasteiger partial charge in [-0.15, -0.1) is 0 Å². The van der Waals surface area contributed by atoms with Crippen molar-refractivity contribution in [3.8, 4) is 22.3 Å². The van der Waals surface area contributed by atoms with Gasteiger partial charge in [-0.2, -0.15) is 0 Å². The first-order chi connectivity index (χ1) is 19.0. The molecule has 7 rings (SSSR count). The van der Waals surface area contributed by atoms with Gasteiger partial charge in [-0.05, 0) is 72.5 Å². The second kappa shape index (κ2) is 8.81. The first kappa shape index (κ1) is 23.2. The zero-order valence-electron chi connectivity index (χ0n) is 21.7. The lowest BCUT2D eigenvalue weighted by Gasteiger charge is -2.20. The minimum Gasteiger partial charge on any atom is -0.354 e. The van der Waals surface area contributed by atoms with Crippen LogP contribution >= 0.6 is 0 Å². The fraction of sp³-hybridized carbons (Fsp3) is 0.0857. The highest BCUT2D eigenvalue weighted by atomic mass is 16.1. The first-order valence-corrected chi connectivity index (χ1v) is 13.2. The molecule has 7 aromatic rings. The Morgan fingerprint density at radius 1 is 0.513 bits per heavy atom. The highest BCUT2D eigenvalue weighted by molar-refractivity contribution is 6.04. The van der Waals surface area contributed by atoms with Crippen LogP contribution in [0.15, 0.2) is 119 Å². The van der Waals surface area contributed by atoms with Crippen LogP contribution < -0.4 is 10.9 Å². The zero-order valence-corrected chi connectivity index (χ0v) is 21.7. The van der Waals surface area contributed by atoms with Crippen LogP contribution in [0.25, 0.3) is 65.9 Å². The summed E-state index contributed by atoms with van der Waals surface area (Å²) in [7, 11) is 0. The van der Waals surface area contributed by atoms with Gasteiger partial charge < -0.3 is 9.55 Å². The molecule has 0 saturated carbocycles. The SMILES string of the molecule is CC(C)n1c2ccc(-c3ccccc3)cc2c(=O)c2cc3[nH]c4ccc(-c5ccccc5)cc4c(=O)c3cc21. The molecule has 0 bridgehead atoms. The first-order valence-electron chi connectivity index (χ1n) is 13.2. The van der Waals surface area contributed by atoms with Gasteiger partial charge in [0.25, 0.3) is 0 Å². The van der Waals surface area contributed by atoms with E-state index in [2.05, 4.69) is 41.6 Å². The molecule has 0 amide bonds. The van der Waals surface area contributed by atoms with Crippen LogP contribution in [0, 0.1) is 0 Å². The number of pyridine rings is 2. The van der Waals surface area contributed by atoms with E-state index in [1.807, 2.05) is 91.0 Å². The van der Waals surface area contributed by atoms with Crippen molar-refractivity contribution in [1.82, 2.24) is 9.55 Å². The molecule has 0 radical (unpaired) electrons. The maximum absolute atomic E-state index is 13.9. The summed E-state index contributed by atoms with van der Waals surface area (Å²) >= 11 is 0.